The number of hydrogen-bond acceptors (Lipinski definition) is 5. The van der Waals surface area contributed by atoms with E-state index in [0.29, 0.717) is 19.0 Å². The summed E-state index contributed by atoms with van der Waals surface area (Å²) in [6.45, 7) is 2.17. The molecule has 23 heavy (non-hydrogen) atoms. The lowest BCUT2D eigenvalue weighted by Gasteiger charge is -2.32. The minimum atomic E-state index is -3.69. The van der Waals surface area contributed by atoms with E-state index in [1.807, 2.05) is 7.05 Å². The maximum atomic E-state index is 12.2. The van der Waals surface area contributed by atoms with E-state index in [0.717, 1.165) is 25.8 Å². The molecule has 2 heterocycles. The molecule has 0 bridgehead atoms. The minimum Gasteiger partial charge on any atom is -0.342 e. The summed E-state index contributed by atoms with van der Waals surface area (Å²) in [6, 6.07) is 0. The highest BCUT2D eigenvalue weighted by Crippen LogP contribution is 2.20. The van der Waals surface area contributed by atoms with Gasteiger partial charge in [0.25, 0.3) is 0 Å². The van der Waals surface area contributed by atoms with Gasteiger partial charge in [0.15, 0.2) is 0 Å². The van der Waals surface area contributed by atoms with Crippen molar-refractivity contribution in [3.63, 3.8) is 0 Å². The lowest BCUT2D eigenvalue weighted by atomic mass is 9.93. The van der Waals surface area contributed by atoms with Crippen LogP contribution in [0.2, 0.25) is 0 Å². The van der Waals surface area contributed by atoms with Gasteiger partial charge in [-0.05, 0) is 38.8 Å². The number of nitrogens with zero attached hydrogens (tertiary/aromatic N) is 3. The molecule has 1 saturated heterocycles. The Hall–Kier alpha value is -1.45. The maximum absolute atomic E-state index is 12.2. The van der Waals surface area contributed by atoms with Crippen LogP contribution in [0.4, 0.5) is 0 Å². The summed E-state index contributed by atoms with van der Waals surface area (Å²) >= 11 is 0. The highest BCUT2D eigenvalue weighted by atomic mass is 32.2. The molecule has 0 radical (unpaired) electrons. The van der Waals surface area contributed by atoms with Crippen molar-refractivity contribution < 1.29 is 13.2 Å². The van der Waals surface area contributed by atoms with Gasteiger partial charge in [-0.25, -0.2) is 13.1 Å². The zero-order valence-electron chi connectivity index (χ0n) is 13.7. The Bertz CT molecular complexity index is 620. The van der Waals surface area contributed by atoms with Gasteiger partial charge in [0.05, 0.1) is 12.7 Å². The van der Waals surface area contributed by atoms with Gasteiger partial charge in [-0.3, -0.25) is 9.48 Å². The maximum Gasteiger partial charge on any atom is 0.244 e. The van der Waals surface area contributed by atoms with Crippen molar-refractivity contribution in [3.8, 4) is 0 Å². The first-order valence-electron chi connectivity index (χ1n) is 7.83. The third kappa shape index (κ3) is 5.02. The number of piperidine rings is 1. The molecule has 1 aromatic heterocycles. The molecule has 0 unspecified atom stereocenters. The second-order valence-corrected chi connectivity index (χ2v) is 7.66. The van der Waals surface area contributed by atoms with Gasteiger partial charge in [-0.15, -0.1) is 0 Å². The third-order valence-corrected chi connectivity index (χ3v) is 5.53. The average molecular weight is 343 g/mol. The Kier molecular flexibility index (Phi) is 6.14. The summed E-state index contributed by atoms with van der Waals surface area (Å²) in [5.41, 5.74) is 0. The van der Waals surface area contributed by atoms with E-state index in [1.165, 1.54) is 17.1 Å². The Morgan fingerprint density at radius 3 is 2.65 bits per heavy atom. The van der Waals surface area contributed by atoms with Crippen LogP contribution in [0.25, 0.3) is 0 Å². The van der Waals surface area contributed by atoms with Crippen LogP contribution in [-0.2, 0) is 21.9 Å². The number of carbonyl (C=O) groups is 1. The number of amides is 1. The van der Waals surface area contributed by atoms with Crippen LogP contribution < -0.4 is 10.0 Å². The molecule has 130 valence electrons. The normalized spacial score (nSPS) is 16.7. The summed E-state index contributed by atoms with van der Waals surface area (Å²) in [5, 5.41) is 6.97. The van der Waals surface area contributed by atoms with E-state index in [2.05, 4.69) is 15.1 Å². The topological polar surface area (TPSA) is 96.3 Å². The standard InChI is InChI=1S/C14H25N5O3S/c1-15-6-3-12-4-7-19(8-5-12)14(20)10-17-23(21,22)13-9-16-18(2)11-13/h9,11-12,15,17H,3-8,10H2,1-2H3. The largest absolute Gasteiger partial charge is 0.342 e. The first-order valence-corrected chi connectivity index (χ1v) is 9.31. The van der Waals surface area contributed by atoms with Gasteiger partial charge in [0.1, 0.15) is 4.90 Å². The highest BCUT2D eigenvalue weighted by molar-refractivity contribution is 7.89. The van der Waals surface area contributed by atoms with Crippen molar-refractivity contribution in [3.05, 3.63) is 12.4 Å². The van der Waals surface area contributed by atoms with Crippen LogP contribution in [-0.4, -0.2) is 62.2 Å². The van der Waals surface area contributed by atoms with Gasteiger partial charge in [-0.1, -0.05) is 0 Å². The molecule has 2 rings (SSSR count). The molecule has 2 N–H and O–H groups in total. The number of likely N-dealkylation sites (tertiary alicyclic amines) is 1. The molecule has 8 nitrogen and oxygen atoms in total. The second-order valence-electron chi connectivity index (χ2n) is 5.89. The fourth-order valence-electron chi connectivity index (χ4n) is 2.71. The predicted octanol–water partition coefficient (Wildman–Crippen LogP) is -0.453. The van der Waals surface area contributed by atoms with E-state index in [-0.39, 0.29) is 17.3 Å². The fourth-order valence-corrected chi connectivity index (χ4v) is 3.67. The van der Waals surface area contributed by atoms with Crippen LogP contribution in [0, 0.1) is 5.92 Å². The molecular formula is C14H25N5O3S. The Morgan fingerprint density at radius 1 is 1.39 bits per heavy atom. The molecule has 0 aliphatic carbocycles. The molecule has 0 saturated carbocycles. The fraction of sp³-hybridized carbons (Fsp3) is 0.714. The van der Waals surface area contributed by atoms with Crippen LogP contribution in [0.5, 0.6) is 0 Å². The highest BCUT2D eigenvalue weighted by Gasteiger charge is 2.24. The predicted molar refractivity (Wildman–Crippen MR) is 86.2 cm³/mol. The van der Waals surface area contributed by atoms with Crippen molar-refractivity contribution >= 4 is 15.9 Å². The number of aromatic nitrogens is 2. The first kappa shape index (κ1) is 17.9. The average Bonchev–Trinajstić information content (AvgIpc) is 2.98. The van der Waals surface area contributed by atoms with Gasteiger partial charge in [0, 0.05) is 26.3 Å². The van der Waals surface area contributed by atoms with Crippen LogP contribution in [0.3, 0.4) is 0 Å². The summed E-state index contributed by atoms with van der Waals surface area (Å²) < 4.78 is 27.9. The summed E-state index contributed by atoms with van der Waals surface area (Å²) in [4.78, 5) is 14.0. The zero-order valence-corrected chi connectivity index (χ0v) is 14.5. The number of sulfonamides is 1. The number of nitrogens with one attached hydrogen (secondary N) is 2. The van der Waals surface area contributed by atoms with E-state index in [9.17, 15) is 13.2 Å². The molecule has 1 amide bonds. The Morgan fingerprint density at radius 2 is 2.09 bits per heavy atom. The van der Waals surface area contributed by atoms with Crippen LogP contribution >= 0.6 is 0 Å². The third-order valence-electron chi connectivity index (χ3n) is 4.17. The van der Waals surface area contributed by atoms with Crippen molar-refractivity contribution in [2.45, 2.75) is 24.2 Å². The molecule has 1 aromatic rings. The number of hydrogen-bond donors (Lipinski definition) is 2. The molecule has 1 aliphatic heterocycles. The van der Waals surface area contributed by atoms with Crippen molar-refractivity contribution in [1.82, 2.24) is 24.7 Å². The van der Waals surface area contributed by atoms with Gasteiger partial charge < -0.3 is 10.2 Å². The number of rotatable bonds is 7. The number of carbonyl (C=O) groups excluding carboxylic acids is 1. The van der Waals surface area contributed by atoms with Crippen molar-refractivity contribution in [2.24, 2.45) is 13.0 Å². The van der Waals surface area contributed by atoms with Gasteiger partial charge in [0.2, 0.25) is 15.9 Å². The molecule has 1 fully saturated rings. The van der Waals surface area contributed by atoms with Crippen molar-refractivity contribution in [2.75, 3.05) is 33.2 Å². The lowest BCUT2D eigenvalue weighted by molar-refractivity contribution is -0.131. The SMILES string of the molecule is CNCCC1CCN(C(=O)CNS(=O)(=O)c2cnn(C)c2)CC1. The van der Waals surface area contributed by atoms with E-state index in [4.69, 9.17) is 0 Å². The molecule has 0 aromatic carbocycles. The molecular weight excluding hydrogens is 318 g/mol. The van der Waals surface area contributed by atoms with E-state index >= 15 is 0 Å². The Balaban J connectivity index is 1.79. The Labute approximate surface area is 137 Å². The molecule has 0 atom stereocenters. The molecule has 9 heteroatoms. The zero-order chi connectivity index (χ0) is 16.9. The summed E-state index contributed by atoms with van der Waals surface area (Å²) in [6.07, 6.45) is 5.73. The van der Waals surface area contributed by atoms with Crippen LogP contribution in [0.1, 0.15) is 19.3 Å². The van der Waals surface area contributed by atoms with Crippen LogP contribution in [0.15, 0.2) is 17.3 Å². The molecule has 1 aliphatic rings. The smallest absolute Gasteiger partial charge is 0.244 e. The summed E-state index contributed by atoms with van der Waals surface area (Å²) in [7, 11) is -0.106. The van der Waals surface area contributed by atoms with E-state index in [1.54, 1.807) is 11.9 Å². The minimum absolute atomic E-state index is 0.0681. The second kappa shape index (κ2) is 7.89. The summed E-state index contributed by atoms with van der Waals surface area (Å²) in [5.74, 6) is 0.461. The number of aryl methyl sites for hydroxylation is 1. The van der Waals surface area contributed by atoms with Crippen molar-refractivity contribution in [1.29, 1.82) is 0 Å². The quantitative estimate of drug-likeness (QED) is 0.699. The van der Waals surface area contributed by atoms with E-state index < -0.39 is 10.0 Å². The van der Waals surface area contributed by atoms with Gasteiger partial charge >= 0.3 is 0 Å². The van der Waals surface area contributed by atoms with Gasteiger partial charge in [-0.2, -0.15) is 5.10 Å². The molecule has 0 spiro atoms. The lowest BCUT2D eigenvalue weighted by Crippen LogP contribution is -2.44. The first-order chi connectivity index (χ1) is 10.9. The monoisotopic (exact) mass is 343 g/mol.